The molecule has 3 heterocycles. The second-order valence-electron chi connectivity index (χ2n) is 5.82. The molecule has 0 aromatic carbocycles. The molecule has 2 aromatic heterocycles. The van der Waals surface area contributed by atoms with Crippen LogP contribution >= 0.6 is 0 Å². The Morgan fingerprint density at radius 1 is 1.24 bits per heavy atom. The quantitative estimate of drug-likeness (QED) is 0.864. The van der Waals surface area contributed by atoms with Crippen molar-refractivity contribution in [1.82, 2.24) is 18.6 Å². The molecular formula is C16H21N5O3S. The van der Waals surface area contributed by atoms with Crippen LogP contribution in [-0.4, -0.2) is 60.8 Å². The molecule has 1 fully saturated rings. The maximum Gasteiger partial charge on any atom is 0.281 e. The van der Waals surface area contributed by atoms with Gasteiger partial charge in [-0.1, -0.05) is 6.07 Å². The maximum absolute atomic E-state index is 12.3. The predicted molar refractivity (Wildman–Crippen MR) is 94.6 cm³/mol. The molecule has 1 atom stereocenters. The first kappa shape index (κ1) is 17.7. The van der Waals surface area contributed by atoms with Gasteiger partial charge in [-0.15, -0.1) is 0 Å². The summed E-state index contributed by atoms with van der Waals surface area (Å²) < 4.78 is 32.9. The summed E-state index contributed by atoms with van der Waals surface area (Å²) in [5, 5.41) is 3.15. The summed E-state index contributed by atoms with van der Waals surface area (Å²) in [6.07, 6.45) is 3.01. The molecular weight excluding hydrogens is 342 g/mol. The number of nitrogens with zero attached hydrogens (tertiary/aromatic N) is 4. The van der Waals surface area contributed by atoms with Crippen molar-refractivity contribution in [3.05, 3.63) is 48.4 Å². The first-order valence-corrected chi connectivity index (χ1v) is 9.30. The van der Waals surface area contributed by atoms with Gasteiger partial charge >= 0.3 is 0 Å². The lowest BCUT2D eigenvalue weighted by Gasteiger charge is -2.33. The van der Waals surface area contributed by atoms with E-state index in [-0.39, 0.29) is 12.6 Å². The molecule has 25 heavy (non-hydrogen) atoms. The molecule has 0 spiro atoms. The lowest BCUT2D eigenvalue weighted by Crippen LogP contribution is -2.47. The zero-order valence-corrected chi connectivity index (χ0v) is 15.0. The molecule has 134 valence electrons. The first-order valence-electron chi connectivity index (χ1n) is 7.90. The van der Waals surface area contributed by atoms with Gasteiger partial charge in [-0.3, -0.25) is 4.98 Å². The molecule has 1 aliphatic heterocycles. The highest BCUT2D eigenvalue weighted by Gasteiger charge is 2.32. The standard InChI is InChI=1S/C16H21N5O3S/c1-20(2)25(22,23)21-9-10-24-15(12-21)14-7-6-13(11-18-14)19-16-5-3-4-8-17-16/h3-8,11,15H,9-10,12H2,1-2H3,(H,17,19)/t15-/m1/s1. The van der Waals surface area contributed by atoms with Gasteiger partial charge < -0.3 is 10.1 Å². The van der Waals surface area contributed by atoms with E-state index in [1.54, 1.807) is 12.4 Å². The molecule has 0 amide bonds. The minimum absolute atomic E-state index is 0.251. The second-order valence-corrected chi connectivity index (χ2v) is 7.96. The van der Waals surface area contributed by atoms with Crippen LogP contribution in [0.25, 0.3) is 0 Å². The Balaban J connectivity index is 1.69. The fourth-order valence-corrected chi connectivity index (χ4v) is 3.59. The summed E-state index contributed by atoms with van der Waals surface area (Å²) in [5.41, 5.74) is 1.50. The van der Waals surface area contributed by atoms with E-state index in [0.717, 1.165) is 11.5 Å². The monoisotopic (exact) mass is 363 g/mol. The van der Waals surface area contributed by atoms with Crippen LogP contribution in [0.1, 0.15) is 11.8 Å². The first-order chi connectivity index (χ1) is 12.0. The Morgan fingerprint density at radius 2 is 2.08 bits per heavy atom. The van der Waals surface area contributed by atoms with Gasteiger partial charge in [0.2, 0.25) is 0 Å². The van der Waals surface area contributed by atoms with Crippen molar-refractivity contribution in [2.24, 2.45) is 0 Å². The zero-order valence-electron chi connectivity index (χ0n) is 14.2. The van der Waals surface area contributed by atoms with Crippen molar-refractivity contribution >= 4 is 21.7 Å². The van der Waals surface area contributed by atoms with Crippen LogP contribution in [0.15, 0.2) is 42.7 Å². The van der Waals surface area contributed by atoms with Crippen LogP contribution in [0.3, 0.4) is 0 Å². The molecule has 0 bridgehead atoms. The fourth-order valence-electron chi connectivity index (χ4n) is 2.50. The Hall–Kier alpha value is -2.07. The summed E-state index contributed by atoms with van der Waals surface area (Å²) in [5.74, 6) is 0.731. The van der Waals surface area contributed by atoms with Crippen molar-refractivity contribution < 1.29 is 13.2 Å². The van der Waals surface area contributed by atoms with Crippen LogP contribution in [0.2, 0.25) is 0 Å². The maximum atomic E-state index is 12.3. The number of nitrogens with one attached hydrogen (secondary N) is 1. The molecule has 1 N–H and O–H groups in total. The van der Waals surface area contributed by atoms with E-state index in [0.29, 0.717) is 18.8 Å². The second kappa shape index (κ2) is 7.44. The van der Waals surface area contributed by atoms with E-state index in [2.05, 4.69) is 15.3 Å². The minimum atomic E-state index is -3.45. The average molecular weight is 363 g/mol. The minimum Gasteiger partial charge on any atom is -0.369 e. The zero-order chi connectivity index (χ0) is 17.9. The van der Waals surface area contributed by atoms with Gasteiger partial charge in [0.05, 0.1) is 24.2 Å². The van der Waals surface area contributed by atoms with Gasteiger partial charge in [-0.25, -0.2) is 4.98 Å². The average Bonchev–Trinajstić information content (AvgIpc) is 2.63. The Morgan fingerprint density at radius 3 is 2.72 bits per heavy atom. The number of rotatable bonds is 5. The number of ether oxygens (including phenoxy) is 1. The number of hydrogen-bond acceptors (Lipinski definition) is 6. The Bertz CT molecular complexity index is 796. The molecule has 9 heteroatoms. The summed E-state index contributed by atoms with van der Waals surface area (Å²) in [4.78, 5) is 8.61. The molecule has 0 aliphatic carbocycles. The van der Waals surface area contributed by atoms with Gasteiger partial charge in [-0.2, -0.15) is 17.0 Å². The SMILES string of the molecule is CN(C)S(=O)(=O)N1CCO[C@@H](c2ccc(Nc3ccccn3)cn2)C1. The van der Waals surface area contributed by atoms with Gasteiger partial charge in [0.25, 0.3) is 10.2 Å². The highest BCUT2D eigenvalue weighted by Crippen LogP contribution is 2.24. The van der Waals surface area contributed by atoms with Gasteiger partial charge in [-0.05, 0) is 24.3 Å². The van der Waals surface area contributed by atoms with Crippen molar-refractivity contribution in [2.45, 2.75) is 6.10 Å². The van der Waals surface area contributed by atoms with E-state index in [4.69, 9.17) is 4.74 Å². The van der Waals surface area contributed by atoms with Crippen LogP contribution < -0.4 is 5.32 Å². The number of aromatic nitrogens is 2. The normalized spacial score (nSPS) is 19.1. The predicted octanol–water partition coefficient (Wildman–Crippen LogP) is 1.40. The fraction of sp³-hybridized carbons (Fsp3) is 0.375. The van der Waals surface area contributed by atoms with Crippen molar-refractivity contribution in [1.29, 1.82) is 0 Å². The number of hydrogen-bond donors (Lipinski definition) is 1. The van der Waals surface area contributed by atoms with Crippen LogP contribution in [0.5, 0.6) is 0 Å². The van der Waals surface area contributed by atoms with Crippen molar-refractivity contribution in [2.75, 3.05) is 39.1 Å². The molecule has 0 saturated carbocycles. The lowest BCUT2D eigenvalue weighted by molar-refractivity contribution is -0.00621. The van der Waals surface area contributed by atoms with Crippen molar-refractivity contribution in [3.63, 3.8) is 0 Å². The lowest BCUT2D eigenvalue weighted by atomic mass is 10.2. The molecule has 0 radical (unpaired) electrons. The smallest absolute Gasteiger partial charge is 0.281 e. The third kappa shape index (κ3) is 4.13. The summed E-state index contributed by atoms with van der Waals surface area (Å²) in [6.45, 7) is 0.935. The molecule has 2 aromatic rings. The molecule has 1 saturated heterocycles. The van der Waals surface area contributed by atoms with Gasteiger partial charge in [0.1, 0.15) is 11.9 Å². The third-order valence-electron chi connectivity index (χ3n) is 3.87. The Labute approximate surface area is 147 Å². The topological polar surface area (TPSA) is 87.7 Å². The molecule has 1 aliphatic rings. The molecule has 3 rings (SSSR count). The van der Waals surface area contributed by atoms with E-state index < -0.39 is 10.2 Å². The van der Waals surface area contributed by atoms with Crippen molar-refractivity contribution in [3.8, 4) is 0 Å². The van der Waals surface area contributed by atoms with Crippen LogP contribution in [0.4, 0.5) is 11.5 Å². The number of morpholine rings is 1. The van der Waals surface area contributed by atoms with Gasteiger partial charge in [0.15, 0.2) is 0 Å². The molecule has 8 nitrogen and oxygen atoms in total. The number of anilines is 2. The Kier molecular flexibility index (Phi) is 5.28. The van der Waals surface area contributed by atoms with E-state index >= 15 is 0 Å². The molecule has 0 unspecified atom stereocenters. The highest BCUT2D eigenvalue weighted by atomic mass is 32.2. The summed E-state index contributed by atoms with van der Waals surface area (Å²) >= 11 is 0. The van der Waals surface area contributed by atoms with Crippen LogP contribution in [0, 0.1) is 0 Å². The summed E-state index contributed by atoms with van der Waals surface area (Å²) in [6, 6.07) is 9.32. The third-order valence-corrected chi connectivity index (χ3v) is 5.78. The van der Waals surface area contributed by atoms with Gasteiger partial charge in [0, 0.05) is 33.4 Å². The van der Waals surface area contributed by atoms with E-state index in [9.17, 15) is 8.42 Å². The number of pyridine rings is 2. The summed E-state index contributed by atoms with van der Waals surface area (Å²) in [7, 11) is -0.404. The van der Waals surface area contributed by atoms with Crippen LogP contribution in [-0.2, 0) is 14.9 Å². The largest absolute Gasteiger partial charge is 0.369 e. The van der Waals surface area contributed by atoms with E-state index in [1.807, 2.05) is 30.3 Å². The highest BCUT2D eigenvalue weighted by molar-refractivity contribution is 7.86. The van der Waals surface area contributed by atoms with E-state index in [1.165, 1.54) is 22.7 Å².